The second-order valence-corrected chi connectivity index (χ2v) is 5.07. The Hall–Kier alpha value is -1.78. The number of aromatic nitrogens is 3. The molecule has 0 saturated carbocycles. The third-order valence-corrected chi connectivity index (χ3v) is 3.60. The summed E-state index contributed by atoms with van der Waals surface area (Å²) in [5, 5.41) is 3.05. The van der Waals surface area contributed by atoms with E-state index in [1.807, 2.05) is 23.8 Å². The van der Waals surface area contributed by atoms with Crippen LogP contribution in [0.5, 0.6) is 5.88 Å². The Kier molecular flexibility index (Phi) is 5.21. The summed E-state index contributed by atoms with van der Waals surface area (Å²) in [5.74, 6) is 1.98. The maximum absolute atomic E-state index is 5.94. The largest absolute Gasteiger partial charge is 0.475 e. The van der Waals surface area contributed by atoms with Crippen molar-refractivity contribution in [2.45, 2.75) is 39.5 Å². The fourth-order valence-corrected chi connectivity index (χ4v) is 2.22. The Bertz CT molecular complexity index is 538. The quantitative estimate of drug-likeness (QED) is 0.803. The fourth-order valence-electron chi connectivity index (χ4n) is 2.22. The smallest absolute Gasteiger partial charge is 0.260 e. The number of nitrogens with zero attached hydrogens (tertiary/aromatic N) is 3. The van der Waals surface area contributed by atoms with Crippen LogP contribution in [0, 0.1) is 5.92 Å². The van der Waals surface area contributed by atoms with Gasteiger partial charge in [0.25, 0.3) is 5.88 Å². The van der Waals surface area contributed by atoms with Crippen LogP contribution >= 0.6 is 0 Å². The van der Waals surface area contributed by atoms with Crippen LogP contribution in [0.2, 0.25) is 0 Å². The molecule has 5 heteroatoms. The van der Waals surface area contributed by atoms with Crippen LogP contribution in [-0.2, 0) is 0 Å². The van der Waals surface area contributed by atoms with Gasteiger partial charge in [0.05, 0.1) is 12.8 Å². The normalized spacial score (nSPS) is 12.6. The van der Waals surface area contributed by atoms with Gasteiger partial charge >= 0.3 is 0 Å². The number of imidazole rings is 1. The summed E-state index contributed by atoms with van der Waals surface area (Å²) in [6, 6.07) is 0. The highest BCUT2D eigenvalue weighted by Crippen LogP contribution is 2.20. The third kappa shape index (κ3) is 3.40. The van der Waals surface area contributed by atoms with Gasteiger partial charge in [0.15, 0.2) is 0 Å². The monoisotopic (exact) mass is 276 g/mol. The number of ether oxygens (including phenoxy) is 1. The second-order valence-electron chi connectivity index (χ2n) is 5.07. The predicted octanol–water partition coefficient (Wildman–Crippen LogP) is 3.37. The molecule has 2 heterocycles. The molecule has 1 unspecified atom stereocenters. The molecule has 0 aliphatic rings. The minimum atomic E-state index is 0.588. The minimum Gasteiger partial charge on any atom is -0.475 e. The molecule has 2 aromatic rings. The number of rotatable bonds is 8. The zero-order valence-electron chi connectivity index (χ0n) is 12.6. The summed E-state index contributed by atoms with van der Waals surface area (Å²) in [4.78, 5) is 8.77. The average molecular weight is 276 g/mol. The van der Waals surface area contributed by atoms with E-state index in [0.29, 0.717) is 18.4 Å². The lowest BCUT2D eigenvalue weighted by molar-refractivity contribution is 0.227. The van der Waals surface area contributed by atoms with Gasteiger partial charge in [-0.2, -0.15) is 4.98 Å². The molecule has 1 N–H and O–H groups in total. The first kappa shape index (κ1) is 14.6. The Labute approximate surface area is 120 Å². The lowest BCUT2D eigenvalue weighted by atomic mass is 10.0. The molecular weight excluding hydrogens is 252 g/mol. The van der Waals surface area contributed by atoms with E-state index in [1.54, 1.807) is 6.20 Å². The van der Waals surface area contributed by atoms with Crippen LogP contribution in [0.25, 0.3) is 5.65 Å². The van der Waals surface area contributed by atoms with Gasteiger partial charge in [-0.05, 0) is 12.3 Å². The molecule has 0 amide bonds. The first-order valence-corrected chi connectivity index (χ1v) is 7.42. The van der Waals surface area contributed by atoms with E-state index in [1.165, 1.54) is 19.3 Å². The molecule has 1 atom stereocenters. The Morgan fingerprint density at radius 3 is 2.95 bits per heavy atom. The zero-order valence-corrected chi connectivity index (χ0v) is 12.6. The molecule has 0 aromatic carbocycles. The van der Waals surface area contributed by atoms with Crippen molar-refractivity contribution in [1.82, 2.24) is 14.4 Å². The molecule has 0 fully saturated rings. The predicted molar refractivity (Wildman–Crippen MR) is 81.3 cm³/mol. The maximum atomic E-state index is 5.94. The number of nitrogens with one attached hydrogen (secondary N) is 1. The van der Waals surface area contributed by atoms with Gasteiger partial charge in [-0.25, -0.2) is 4.98 Å². The average Bonchev–Trinajstić information content (AvgIpc) is 2.95. The third-order valence-electron chi connectivity index (χ3n) is 3.60. The van der Waals surface area contributed by atoms with Gasteiger partial charge in [-0.1, -0.05) is 33.1 Å². The summed E-state index contributed by atoms with van der Waals surface area (Å²) >= 11 is 0. The van der Waals surface area contributed by atoms with Crippen LogP contribution in [0.1, 0.15) is 39.5 Å². The van der Waals surface area contributed by atoms with Crippen molar-refractivity contribution in [3.05, 3.63) is 18.6 Å². The summed E-state index contributed by atoms with van der Waals surface area (Å²) in [6.45, 7) is 5.14. The molecule has 20 heavy (non-hydrogen) atoms. The Balaban J connectivity index is 2.09. The van der Waals surface area contributed by atoms with Crippen molar-refractivity contribution in [1.29, 1.82) is 0 Å². The van der Waals surface area contributed by atoms with E-state index < -0.39 is 0 Å². The number of anilines is 1. The van der Waals surface area contributed by atoms with Crippen molar-refractivity contribution in [2.75, 3.05) is 19.0 Å². The maximum Gasteiger partial charge on any atom is 0.260 e. The van der Waals surface area contributed by atoms with E-state index in [-0.39, 0.29) is 0 Å². The first-order chi connectivity index (χ1) is 9.78. The Morgan fingerprint density at radius 2 is 2.25 bits per heavy atom. The van der Waals surface area contributed by atoms with E-state index in [4.69, 9.17) is 4.74 Å². The molecule has 5 nitrogen and oxygen atoms in total. The topological polar surface area (TPSA) is 51.5 Å². The molecular formula is C15H24N4O. The van der Waals surface area contributed by atoms with Gasteiger partial charge in [-0.3, -0.25) is 4.40 Å². The lowest BCUT2D eigenvalue weighted by Gasteiger charge is -2.15. The standard InChI is InChI=1S/C15H24N4O/c1-4-6-7-12(5-2)11-20-15-14-17-8-9-19(14)10-13(16-3)18-15/h8-10,12,16H,4-7,11H2,1-3H3. The van der Waals surface area contributed by atoms with Crippen molar-refractivity contribution in [3.8, 4) is 5.88 Å². The van der Waals surface area contributed by atoms with Crippen molar-refractivity contribution in [3.63, 3.8) is 0 Å². The van der Waals surface area contributed by atoms with E-state index in [9.17, 15) is 0 Å². The van der Waals surface area contributed by atoms with Crippen molar-refractivity contribution in [2.24, 2.45) is 5.92 Å². The highest BCUT2D eigenvalue weighted by atomic mass is 16.5. The van der Waals surface area contributed by atoms with Gasteiger partial charge in [0.2, 0.25) is 5.65 Å². The summed E-state index contributed by atoms with van der Waals surface area (Å²) < 4.78 is 7.87. The number of hydrogen-bond donors (Lipinski definition) is 1. The van der Waals surface area contributed by atoms with Crippen LogP contribution in [0.3, 0.4) is 0 Å². The zero-order chi connectivity index (χ0) is 14.4. The molecule has 0 aliphatic heterocycles. The van der Waals surface area contributed by atoms with E-state index in [0.717, 1.165) is 17.9 Å². The highest BCUT2D eigenvalue weighted by Gasteiger charge is 2.12. The van der Waals surface area contributed by atoms with Gasteiger partial charge < -0.3 is 10.1 Å². The summed E-state index contributed by atoms with van der Waals surface area (Å²) in [6.07, 6.45) is 10.4. The number of fused-ring (bicyclic) bond motifs is 1. The molecule has 110 valence electrons. The second kappa shape index (κ2) is 7.12. The summed E-state index contributed by atoms with van der Waals surface area (Å²) in [5.41, 5.74) is 0.773. The van der Waals surface area contributed by atoms with Crippen LogP contribution in [-0.4, -0.2) is 28.0 Å². The van der Waals surface area contributed by atoms with E-state index in [2.05, 4.69) is 29.1 Å². The van der Waals surface area contributed by atoms with Gasteiger partial charge in [-0.15, -0.1) is 0 Å². The highest BCUT2D eigenvalue weighted by molar-refractivity contribution is 5.53. The Morgan fingerprint density at radius 1 is 1.40 bits per heavy atom. The van der Waals surface area contributed by atoms with Gasteiger partial charge in [0.1, 0.15) is 5.82 Å². The van der Waals surface area contributed by atoms with Crippen molar-refractivity contribution >= 4 is 11.5 Å². The van der Waals surface area contributed by atoms with Crippen molar-refractivity contribution < 1.29 is 4.74 Å². The molecule has 0 radical (unpaired) electrons. The van der Waals surface area contributed by atoms with Crippen LogP contribution < -0.4 is 10.1 Å². The summed E-state index contributed by atoms with van der Waals surface area (Å²) in [7, 11) is 1.85. The van der Waals surface area contributed by atoms with Crippen LogP contribution in [0.4, 0.5) is 5.82 Å². The molecule has 2 rings (SSSR count). The number of unbranched alkanes of at least 4 members (excludes halogenated alkanes) is 1. The molecule has 0 spiro atoms. The molecule has 0 bridgehead atoms. The van der Waals surface area contributed by atoms with E-state index >= 15 is 0 Å². The van der Waals surface area contributed by atoms with Crippen LogP contribution in [0.15, 0.2) is 18.6 Å². The fraction of sp³-hybridized carbons (Fsp3) is 0.600. The molecule has 0 saturated heterocycles. The molecule has 2 aromatic heterocycles. The minimum absolute atomic E-state index is 0.588. The number of hydrogen-bond acceptors (Lipinski definition) is 4. The SMILES string of the molecule is CCCCC(CC)COc1nc(NC)cn2ccnc12. The lowest BCUT2D eigenvalue weighted by Crippen LogP contribution is -2.13. The molecule has 0 aliphatic carbocycles. The van der Waals surface area contributed by atoms with Gasteiger partial charge in [0, 0.05) is 19.4 Å². The first-order valence-electron chi connectivity index (χ1n) is 7.42.